The molecule has 146 valence electrons. The van der Waals surface area contributed by atoms with E-state index in [1.807, 2.05) is 0 Å². The molecule has 27 heavy (non-hydrogen) atoms. The number of carbonyl (C=O) groups is 4. The van der Waals surface area contributed by atoms with Crippen LogP contribution >= 0.6 is 0 Å². The first-order valence-corrected chi connectivity index (χ1v) is 8.78. The van der Waals surface area contributed by atoms with Crippen LogP contribution in [0, 0.1) is 5.92 Å². The van der Waals surface area contributed by atoms with Crippen LogP contribution in [0.3, 0.4) is 0 Å². The van der Waals surface area contributed by atoms with Gasteiger partial charge in [-0.1, -0.05) is 6.07 Å². The molecule has 1 N–H and O–H groups in total. The van der Waals surface area contributed by atoms with Gasteiger partial charge >= 0.3 is 5.97 Å². The average Bonchev–Trinajstić information content (AvgIpc) is 2.66. The van der Waals surface area contributed by atoms with Crippen LogP contribution in [0.5, 0.6) is 0 Å². The Labute approximate surface area is 158 Å². The van der Waals surface area contributed by atoms with Crippen LogP contribution in [-0.4, -0.2) is 84.3 Å². The molecule has 1 heterocycles. The van der Waals surface area contributed by atoms with Gasteiger partial charge < -0.3 is 19.8 Å². The summed E-state index contributed by atoms with van der Waals surface area (Å²) in [6.07, 6.45) is 1.19. The van der Waals surface area contributed by atoms with Gasteiger partial charge in [0, 0.05) is 45.4 Å². The molecule has 1 fully saturated rings. The number of amides is 3. The minimum Gasteiger partial charge on any atom is -0.481 e. The molecule has 0 bridgehead atoms. The van der Waals surface area contributed by atoms with E-state index in [2.05, 4.69) is 0 Å². The number of carbonyl (C=O) groups excluding carboxylic acids is 3. The van der Waals surface area contributed by atoms with Crippen molar-refractivity contribution in [1.82, 2.24) is 14.7 Å². The van der Waals surface area contributed by atoms with Gasteiger partial charge in [0.05, 0.1) is 12.5 Å². The number of rotatable bonds is 5. The third-order valence-electron chi connectivity index (χ3n) is 4.61. The standard InChI is InChI=1S/C19H25N3O5/c1-20(2)17(24)13-6-4-7-14(10-13)18(25)21(3)12-16(23)22-9-5-8-15(11-22)19(26)27/h4,6-7,10,15H,5,8-9,11-12H2,1-3H3,(H,26,27). The summed E-state index contributed by atoms with van der Waals surface area (Å²) in [4.78, 5) is 52.5. The van der Waals surface area contributed by atoms with Gasteiger partial charge in [-0.25, -0.2) is 0 Å². The average molecular weight is 375 g/mol. The quantitative estimate of drug-likeness (QED) is 0.820. The van der Waals surface area contributed by atoms with Crippen LogP contribution in [0.1, 0.15) is 33.6 Å². The number of carboxylic acids is 1. The first kappa shape index (κ1) is 20.4. The Morgan fingerprint density at radius 1 is 1.11 bits per heavy atom. The second-order valence-corrected chi connectivity index (χ2v) is 6.96. The molecule has 1 aromatic carbocycles. The first-order valence-electron chi connectivity index (χ1n) is 8.78. The SMILES string of the molecule is CN(C)C(=O)c1cccc(C(=O)N(C)CC(=O)N2CCCC(C(=O)O)C2)c1. The zero-order valence-electron chi connectivity index (χ0n) is 15.8. The van der Waals surface area contributed by atoms with E-state index in [4.69, 9.17) is 5.11 Å². The fourth-order valence-corrected chi connectivity index (χ4v) is 3.04. The van der Waals surface area contributed by atoms with Crippen molar-refractivity contribution >= 4 is 23.7 Å². The summed E-state index contributed by atoms with van der Waals surface area (Å²) in [5.74, 6) is -2.32. The lowest BCUT2D eigenvalue weighted by Crippen LogP contribution is -2.46. The minimum absolute atomic E-state index is 0.142. The summed E-state index contributed by atoms with van der Waals surface area (Å²) in [7, 11) is 4.77. The van der Waals surface area contributed by atoms with Gasteiger partial charge in [0.1, 0.15) is 0 Å². The van der Waals surface area contributed by atoms with Crippen LogP contribution in [0.25, 0.3) is 0 Å². The molecule has 3 amide bonds. The van der Waals surface area contributed by atoms with E-state index in [-0.39, 0.29) is 30.8 Å². The lowest BCUT2D eigenvalue weighted by atomic mass is 9.98. The van der Waals surface area contributed by atoms with Crippen molar-refractivity contribution < 1.29 is 24.3 Å². The molecule has 1 aliphatic heterocycles. The molecule has 8 heteroatoms. The summed E-state index contributed by atoms with van der Waals surface area (Å²) < 4.78 is 0. The minimum atomic E-state index is -0.903. The van der Waals surface area contributed by atoms with Gasteiger partial charge in [0.25, 0.3) is 11.8 Å². The Bertz CT molecular complexity index is 747. The van der Waals surface area contributed by atoms with Crippen molar-refractivity contribution in [3.05, 3.63) is 35.4 Å². The summed E-state index contributed by atoms with van der Waals surface area (Å²) in [5.41, 5.74) is 0.714. The molecule has 0 aliphatic carbocycles. The number of carboxylic acid groups (broad SMARTS) is 1. The van der Waals surface area contributed by atoms with Crippen molar-refractivity contribution in [3.8, 4) is 0 Å². The predicted octanol–water partition coefficient (Wildman–Crippen LogP) is 0.784. The van der Waals surface area contributed by atoms with Crippen LogP contribution < -0.4 is 0 Å². The molecule has 1 atom stereocenters. The van der Waals surface area contributed by atoms with E-state index in [0.717, 1.165) is 0 Å². The lowest BCUT2D eigenvalue weighted by Gasteiger charge is -2.32. The Morgan fingerprint density at radius 3 is 2.33 bits per heavy atom. The van der Waals surface area contributed by atoms with E-state index in [9.17, 15) is 19.2 Å². The summed E-state index contributed by atoms with van der Waals surface area (Å²) in [6.45, 7) is 0.525. The van der Waals surface area contributed by atoms with E-state index in [1.54, 1.807) is 32.3 Å². The largest absolute Gasteiger partial charge is 0.481 e. The maximum atomic E-state index is 12.6. The molecule has 8 nitrogen and oxygen atoms in total. The number of piperidine rings is 1. The fraction of sp³-hybridized carbons (Fsp3) is 0.474. The Balaban J connectivity index is 2.03. The Kier molecular flexibility index (Phi) is 6.55. The normalized spacial score (nSPS) is 16.6. The zero-order valence-corrected chi connectivity index (χ0v) is 15.8. The molecule has 1 unspecified atom stereocenters. The number of hydrogen-bond acceptors (Lipinski definition) is 4. The number of aliphatic carboxylic acids is 1. The molecular weight excluding hydrogens is 350 g/mol. The first-order chi connectivity index (χ1) is 12.7. The van der Waals surface area contributed by atoms with E-state index < -0.39 is 11.9 Å². The number of benzene rings is 1. The predicted molar refractivity (Wildman–Crippen MR) is 98.4 cm³/mol. The van der Waals surface area contributed by atoms with E-state index in [0.29, 0.717) is 30.5 Å². The highest BCUT2D eigenvalue weighted by molar-refractivity contribution is 6.00. The number of nitrogens with zero attached hydrogens (tertiary/aromatic N) is 3. The highest BCUT2D eigenvalue weighted by Gasteiger charge is 2.29. The molecule has 0 aromatic heterocycles. The van der Waals surface area contributed by atoms with Crippen LogP contribution in [0.4, 0.5) is 0 Å². The highest BCUT2D eigenvalue weighted by Crippen LogP contribution is 2.17. The van der Waals surface area contributed by atoms with Crippen LogP contribution in [0.15, 0.2) is 24.3 Å². The smallest absolute Gasteiger partial charge is 0.308 e. The third kappa shape index (κ3) is 5.06. The Morgan fingerprint density at radius 2 is 1.74 bits per heavy atom. The van der Waals surface area contributed by atoms with Crippen LogP contribution in [-0.2, 0) is 9.59 Å². The fourth-order valence-electron chi connectivity index (χ4n) is 3.04. The monoisotopic (exact) mass is 375 g/mol. The molecule has 2 rings (SSSR count). The van der Waals surface area contributed by atoms with Gasteiger partial charge in [0.2, 0.25) is 5.91 Å². The molecule has 1 aliphatic rings. The van der Waals surface area contributed by atoms with Gasteiger partial charge in [0.15, 0.2) is 0 Å². The van der Waals surface area contributed by atoms with Crippen molar-refractivity contribution in [1.29, 1.82) is 0 Å². The third-order valence-corrected chi connectivity index (χ3v) is 4.61. The maximum absolute atomic E-state index is 12.6. The number of likely N-dealkylation sites (tertiary alicyclic amines) is 1. The molecule has 0 saturated carbocycles. The second-order valence-electron chi connectivity index (χ2n) is 6.96. The zero-order chi connectivity index (χ0) is 20.1. The van der Waals surface area contributed by atoms with Crippen molar-refractivity contribution in [3.63, 3.8) is 0 Å². The summed E-state index contributed by atoms with van der Waals surface area (Å²) in [5, 5.41) is 9.13. The molecule has 0 radical (unpaired) electrons. The van der Waals surface area contributed by atoms with Crippen molar-refractivity contribution in [2.24, 2.45) is 5.92 Å². The maximum Gasteiger partial charge on any atom is 0.308 e. The molecule has 0 spiro atoms. The topological polar surface area (TPSA) is 98.2 Å². The molecule has 1 saturated heterocycles. The number of hydrogen-bond donors (Lipinski definition) is 1. The Hall–Kier alpha value is -2.90. The lowest BCUT2D eigenvalue weighted by molar-refractivity contribution is -0.145. The summed E-state index contributed by atoms with van der Waals surface area (Å²) >= 11 is 0. The van der Waals surface area contributed by atoms with Crippen molar-refractivity contribution in [2.45, 2.75) is 12.8 Å². The second kappa shape index (κ2) is 8.66. The molecule has 1 aromatic rings. The van der Waals surface area contributed by atoms with Gasteiger partial charge in [-0.2, -0.15) is 0 Å². The highest BCUT2D eigenvalue weighted by atomic mass is 16.4. The van der Waals surface area contributed by atoms with E-state index in [1.165, 1.54) is 27.8 Å². The van der Waals surface area contributed by atoms with Crippen LogP contribution in [0.2, 0.25) is 0 Å². The van der Waals surface area contributed by atoms with Crippen molar-refractivity contribution in [2.75, 3.05) is 40.8 Å². The van der Waals surface area contributed by atoms with Gasteiger partial charge in [-0.15, -0.1) is 0 Å². The van der Waals surface area contributed by atoms with Gasteiger partial charge in [-0.05, 0) is 31.0 Å². The molecular formula is C19H25N3O5. The summed E-state index contributed by atoms with van der Waals surface area (Å²) in [6, 6.07) is 6.36. The van der Waals surface area contributed by atoms with Gasteiger partial charge in [-0.3, -0.25) is 19.2 Å². The number of likely N-dealkylation sites (N-methyl/N-ethyl adjacent to an activating group) is 1. The van der Waals surface area contributed by atoms with E-state index >= 15 is 0 Å².